The minimum atomic E-state index is -0.879. The summed E-state index contributed by atoms with van der Waals surface area (Å²) in [7, 11) is 0. The molecule has 0 bridgehead atoms. The van der Waals surface area contributed by atoms with Crippen LogP contribution in [0.3, 0.4) is 0 Å². The summed E-state index contributed by atoms with van der Waals surface area (Å²) in [4.78, 5) is 23.8. The van der Waals surface area contributed by atoms with Crippen LogP contribution < -0.4 is 5.32 Å². The number of aromatic amines is 1. The molecule has 0 saturated heterocycles. The second-order valence-corrected chi connectivity index (χ2v) is 3.63. The Balaban J connectivity index is 2.15. The number of phenolic OH excluding ortho intramolecular Hbond substituents is 1. The number of carbonyl (C=O) groups excluding carboxylic acids is 1. The van der Waals surface area contributed by atoms with Crippen molar-refractivity contribution in [3.63, 3.8) is 0 Å². The summed E-state index contributed by atoms with van der Waals surface area (Å²) in [6.45, 7) is 0. The molecule has 2 rings (SSSR count). The smallest absolute Gasteiger partial charge is 0.321 e. The van der Waals surface area contributed by atoms with Crippen molar-refractivity contribution in [3.05, 3.63) is 52.0 Å². The highest BCUT2D eigenvalue weighted by molar-refractivity contribution is 6.03. The molecule has 0 unspecified atom stereocenters. The van der Waals surface area contributed by atoms with Crippen molar-refractivity contribution in [2.75, 3.05) is 5.32 Å². The Kier molecular flexibility index (Phi) is 3.15. The Bertz CT molecular complexity index is 653. The zero-order chi connectivity index (χ0) is 14.0. The molecule has 0 saturated carbocycles. The number of nitrogens with one attached hydrogen (secondary N) is 2. The summed E-state index contributed by atoms with van der Waals surface area (Å²) in [5.41, 5.74) is 0.0951. The third-order valence-electron chi connectivity index (χ3n) is 2.32. The molecule has 98 valence electrons. The number of carbonyl (C=O) groups is 1. The predicted octanol–water partition coefficient (Wildman–Crippen LogP) is 2.02. The van der Waals surface area contributed by atoms with Gasteiger partial charge in [0.15, 0.2) is 17.3 Å². The first-order valence-corrected chi connectivity index (χ1v) is 5.10. The van der Waals surface area contributed by atoms with Gasteiger partial charge in [0.25, 0.3) is 5.91 Å². The molecular formula is C11H8FN3O4. The van der Waals surface area contributed by atoms with Crippen molar-refractivity contribution in [2.24, 2.45) is 0 Å². The molecule has 3 N–H and O–H groups in total. The van der Waals surface area contributed by atoms with Crippen LogP contribution in [-0.4, -0.2) is 20.9 Å². The van der Waals surface area contributed by atoms with E-state index in [1.54, 1.807) is 0 Å². The number of halogens is 1. The lowest BCUT2D eigenvalue weighted by atomic mass is 10.3. The van der Waals surface area contributed by atoms with Gasteiger partial charge in [-0.25, -0.2) is 9.37 Å². The lowest BCUT2D eigenvalue weighted by Crippen LogP contribution is -2.12. The first kappa shape index (κ1) is 12.6. The molecule has 2 aromatic rings. The fraction of sp³-hybridized carbons (Fsp3) is 0. The van der Waals surface area contributed by atoms with Gasteiger partial charge in [0.2, 0.25) is 0 Å². The number of nitrogens with zero attached hydrogens (tertiary/aromatic N) is 1. The Morgan fingerprint density at radius 1 is 1.37 bits per heavy atom. The number of hydrogen-bond donors (Lipinski definition) is 3. The van der Waals surface area contributed by atoms with Gasteiger partial charge in [-0.2, -0.15) is 0 Å². The van der Waals surface area contributed by atoms with E-state index in [-0.39, 0.29) is 17.2 Å². The molecule has 1 amide bonds. The quantitative estimate of drug-likeness (QED) is 0.448. The molecule has 1 aromatic heterocycles. The monoisotopic (exact) mass is 265 g/mol. The fourth-order valence-electron chi connectivity index (χ4n) is 1.41. The predicted molar refractivity (Wildman–Crippen MR) is 63.5 cm³/mol. The Labute approximate surface area is 105 Å². The van der Waals surface area contributed by atoms with E-state index in [1.807, 2.05) is 0 Å². The number of aromatic hydroxyl groups is 1. The minimum Gasteiger partial charge on any atom is -0.505 e. The first-order valence-electron chi connectivity index (χ1n) is 5.10. The summed E-state index contributed by atoms with van der Waals surface area (Å²) in [6.07, 6.45) is 0. The zero-order valence-corrected chi connectivity index (χ0v) is 9.38. The molecule has 8 heteroatoms. The molecule has 0 atom stereocenters. The Morgan fingerprint density at radius 2 is 2.11 bits per heavy atom. The van der Waals surface area contributed by atoms with Crippen LogP contribution >= 0.6 is 0 Å². The van der Waals surface area contributed by atoms with Crippen LogP contribution in [0.1, 0.15) is 10.5 Å². The lowest BCUT2D eigenvalue weighted by molar-refractivity contribution is -0.389. The summed E-state index contributed by atoms with van der Waals surface area (Å²) >= 11 is 0. The first-order chi connectivity index (χ1) is 8.97. The number of nitro groups is 1. The number of anilines is 1. The van der Waals surface area contributed by atoms with E-state index in [1.165, 1.54) is 12.1 Å². The van der Waals surface area contributed by atoms with Crippen LogP contribution in [0.25, 0.3) is 0 Å². The van der Waals surface area contributed by atoms with Crippen molar-refractivity contribution < 1.29 is 19.2 Å². The third kappa shape index (κ3) is 2.68. The third-order valence-corrected chi connectivity index (χ3v) is 2.32. The highest BCUT2D eigenvalue weighted by atomic mass is 19.1. The van der Waals surface area contributed by atoms with Crippen molar-refractivity contribution in [3.8, 4) is 5.75 Å². The minimum absolute atomic E-state index is 0.0276. The molecule has 0 radical (unpaired) electrons. The summed E-state index contributed by atoms with van der Waals surface area (Å²) in [5, 5.41) is 21.8. The normalized spacial score (nSPS) is 10.2. The highest BCUT2D eigenvalue weighted by Gasteiger charge is 2.15. The van der Waals surface area contributed by atoms with Gasteiger partial charge in [0.1, 0.15) is 0 Å². The Hall–Kier alpha value is -2.90. The van der Waals surface area contributed by atoms with Crippen molar-refractivity contribution in [1.29, 1.82) is 0 Å². The van der Waals surface area contributed by atoms with Gasteiger partial charge in [-0.1, -0.05) is 0 Å². The van der Waals surface area contributed by atoms with Crippen molar-refractivity contribution in [1.82, 2.24) is 4.98 Å². The van der Waals surface area contributed by atoms with Crippen molar-refractivity contribution in [2.45, 2.75) is 0 Å². The van der Waals surface area contributed by atoms with E-state index >= 15 is 0 Å². The zero-order valence-electron chi connectivity index (χ0n) is 9.38. The molecule has 1 aromatic carbocycles. The molecule has 1 heterocycles. The number of phenols is 1. The number of aromatic nitrogens is 1. The molecular weight excluding hydrogens is 257 g/mol. The van der Waals surface area contributed by atoms with Gasteiger partial charge in [-0.05, 0) is 23.1 Å². The molecule has 19 heavy (non-hydrogen) atoms. The molecule has 0 spiro atoms. The average molecular weight is 265 g/mol. The standard InChI is InChI=1S/C11H8FN3O4/c12-7-5-6(1-3-9(7)16)13-11(17)8-2-4-10(14-8)15(18)19/h1-5,14,16H,(H,13,17). The van der Waals surface area contributed by atoms with Crippen LogP contribution in [0.2, 0.25) is 0 Å². The lowest BCUT2D eigenvalue weighted by Gasteiger charge is -2.03. The topological polar surface area (TPSA) is 108 Å². The van der Waals surface area contributed by atoms with Gasteiger partial charge in [-0.15, -0.1) is 0 Å². The SMILES string of the molecule is O=C(Nc1ccc(O)c(F)c1)c1ccc([N+](=O)[O-])[nH]1. The van der Waals surface area contributed by atoms with Gasteiger partial charge in [0.05, 0.1) is 0 Å². The highest BCUT2D eigenvalue weighted by Crippen LogP contribution is 2.20. The van der Waals surface area contributed by atoms with E-state index in [9.17, 15) is 19.3 Å². The maximum Gasteiger partial charge on any atom is 0.321 e. The molecule has 0 fully saturated rings. The summed E-state index contributed by atoms with van der Waals surface area (Å²) in [6, 6.07) is 5.71. The summed E-state index contributed by atoms with van der Waals surface area (Å²) < 4.78 is 13.0. The van der Waals surface area contributed by atoms with Crippen LogP contribution in [0.4, 0.5) is 15.9 Å². The van der Waals surface area contributed by atoms with Gasteiger partial charge in [-0.3, -0.25) is 4.79 Å². The van der Waals surface area contributed by atoms with Crippen LogP contribution in [0.15, 0.2) is 30.3 Å². The number of benzene rings is 1. The maximum absolute atomic E-state index is 13.0. The van der Waals surface area contributed by atoms with E-state index < -0.39 is 22.4 Å². The second-order valence-electron chi connectivity index (χ2n) is 3.63. The van der Waals surface area contributed by atoms with E-state index in [0.717, 1.165) is 18.2 Å². The molecule has 0 aliphatic carbocycles. The van der Waals surface area contributed by atoms with Crippen LogP contribution in [0, 0.1) is 15.9 Å². The van der Waals surface area contributed by atoms with Gasteiger partial charge in [0, 0.05) is 17.8 Å². The van der Waals surface area contributed by atoms with Crippen LogP contribution in [-0.2, 0) is 0 Å². The Morgan fingerprint density at radius 3 is 2.68 bits per heavy atom. The van der Waals surface area contributed by atoms with Gasteiger partial charge < -0.3 is 20.5 Å². The maximum atomic E-state index is 13.0. The average Bonchev–Trinajstić information content (AvgIpc) is 2.83. The largest absolute Gasteiger partial charge is 0.505 e. The number of H-pyrrole nitrogens is 1. The van der Waals surface area contributed by atoms with Crippen molar-refractivity contribution >= 4 is 17.4 Å². The molecule has 0 aliphatic heterocycles. The number of rotatable bonds is 3. The molecule has 7 nitrogen and oxygen atoms in total. The number of amides is 1. The van der Waals surface area contributed by atoms with E-state index in [0.29, 0.717) is 0 Å². The van der Waals surface area contributed by atoms with Crippen LogP contribution in [0.5, 0.6) is 5.75 Å². The van der Waals surface area contributed by atoms with Gasteiger partial charge >= 0.3 is 5.82 Å². The molecule has 0 aliphatic rings. The second kappa shape index (κ2) is 4.77. The van der Waals surface area contributed by atoms with E-state index in [2.05, 4.69) is 10.3 Å². The number of hydrogen-bond acceptors (Lipinski definition) is 4. The van der Waals surface area contributed by atoms with E-state index in [4.69, 9.17) is 5.11 Å². The fourth-order valence-corrected chi connectivity index (χ4v) is 1.41. The summed E-state index contributed by atoms with van der Waals surface area (Å²) in [5.74, 6) is -2.39.